The average Bonchev–Trinajstić information content (AvgIpc) is 2.69. The maximum Gasteiger partial charge on any atom is 0.314 e. The van der Waals surface area contributed by atoms with Gasteiger partial charge >= 0.3 is 5.97 Å². The number of halogens is 1. The van der Waals surface area contributed by atoms with Gasteiger partial charge in [-0.05, 0) is 68.4 Å². The first-order valence-corrected chi connectivity index (χ1v) is 10.8. The van der Waals surface area contributed by atoms with Crippen LogP contribution in [0, 0.1) is 17.7 Å². The minimum Gasteiger partial charge on any atom is -0.423 e. The number of hydrogen-bond donors (Lipinski definition) is 0. The predicted octanol–water partition coefficient (Wildman–Crippen LogP) is 5.62. The van der Waals surface area contributed by atoms with Crippen LogP contribution >= 0.6 is 0 Å². The quantitative estimate of drug-likeness (QED) is 0.335. The molecule has 1 aromatic rings. The molecular formula is C23H33FO3. The predicted molar refractivity (Wildman–Crippen MR) is 104 cm³/mol. The van der Waals surface area contributed by atoms with Crippen molar-refractivity contribution in [2.24, 2.45) is 11.8 Å². The minimum absolute atomic E-state index is 0.160. The minimum atomic E-state index is -0.332. The van der Waals surface area contributed by atoms with Gasteiger partial charge < -0.3 is 9.47 Å². The van der Waals surface area contributed by atoms with Crippen LogP contribution in [0.25, 0.3) is 0 Å². The van der Waals surface area contributed by atoms with Gasteiger partial charge in [-0.15, -0.1) is 0 Å². The van der Waals surface area contributed by atoms with E-state index in [1.54, 1.807) is 0 Å². The third-order valence-electron chi connectivity index (χ3n) is 6.15. The molecule has 0 amide bonds. The first kappa shape index (κ1) is 20.3. The summed E-state index contributed by atoms with van der Waals surface area (Å²) in [5.41, 5.74) is 1.50. The van der Waals surface area contributed by atoms with Crippen LogP contribution in [0.1, 0.15) is 76.3 Å². The molecular weight excluding hydrogens is 343 g/mol. The van der Waals surface area contributed by atoms with E-state index in [0.29, 0.717) is 30.4 Å². The number of hydrogen-bond acceptors (Lipinski definition) is 3. The molecule has 4 heteroatoms. The van der Waals surface area contributed by atoms with Crippen molar-refractivity contribution in [3.63, 3.8) is 0 Å². The highest BCUT2D eigenvalue weighted by atomic mass is 19.1. The lowest BCUT2D eigenvalue weighted by atomic mass is 9.86. The van der Waals surface area contributed by atoms with E-state index >= 15 is 0 Å². The molecule has 0 aromatic heterocycles. The molecule has 3 atom stereocenters. The van der Waals surface area contributed by atoms with Crippen molar-refractivity contribution in [1.29, 1.82) is 0 Å². The normalized spacial score (nSPS) is 25.1. The lowest BCUT2D eigenvalue weighted by Crippen LogP contribution is -2.30. The molecule has 3 rings (SSSR count). The summed E-state index contributed by atoms with van der Waals surface area (Å²) < 4.78 is 26.1. The summed E-state index contributed by atoms with van der Waals surface area (Å²) in [6, 6.07) is 3.83. The highest BCUT2D eigenvalue weighted by molar-refractivity contribution is 5.78. The SMILES string of the molecule is CCCCCc1ccc2c(c1F)OC(=O)C(CCC1CCC(CC)OC1)C2. The lowest BCUT2D eigenvalue weighted by Gasteiger charge is -2.30. The third-order valence-corrected chi connectivity index (χ3v) is 6.15. The summed E-state index contributed by atoms with van der Waals surface area (Å²) in [5, 5.41) is 0. The zero-order chi connectivity index (χ0) is 19.2. The van der Waals surface area contributed by atoms with Crippen molar-refractivity contribution < 1.29 is 18.7 Å². The van der Waals surface area contributed by atoms with Crippen molar-refractivity contribution in [3.8, 4) is 5.75 Å². The molecule has 0 bridgehead atoms. The van der Waals surface area contributed by atoms with Crippen LogP contribution in [0.15, 0.2) is 12.1 Å². The van der Waals surface area contributed by atoms with Gasteiger partial charge in [0, 0.05) is 6.61 Å². The van der Waals surface area contributed by atoms with Crippen molar-refractivity contribution in [2.45, 2.75) is 84.2 Å². The molecule has 0 N–H and O–H groups in total. The zero-order valence-corrected chi connectivity index (χ0v) is 16.8. The van der Waals surface area contributed by atoms with Crippen LogP contribution < -0.4 is 4.74 Å². The second-order valence-electron chi connectivity index (χ2n) is 8.19. The largest absolute Gasteiger partial charge is 0.423 e. The number of fused-ring (bicyclic) bond motifs is 1. The molecule has 0 radical (unpaired) electrons. The van der Waals surface area contributed by atoms with Gasteiger partial charge in [0.15, 0.2) is 11.6 Å². The number of carbonyl (C=O) groups is 1. The van der Waals surface area contributed by atoms with Crippen LogP contribution in [0.5, 0.6) is 5.75 Å². The van der Waals surface area contributed by atoms with Gasteiger partial charge in [-0.3, -0.25) is 4.79 Å². The Morgan fingerprint density at radius 1 is 1.15 bits per heavy atom. The molecule has 1 saturated heterocycles. The molecule has 2 aliphatic rings. The molecule has 27 heavy (non-hydrogen) atoms. The number of aryl methyl sites for hydroxylation is 1. The summed E-state index contributed by atoms with van der Waals surface area (Å²) in [6.45, 7) is 5.09. The Balaban J connectivity index is 1.56. The highest BCUT2D eigenvalue weighted by Crippen LogP contribution is 2.35. The third kappa shape index (κ3) is 5.10. The van der Waals surface area contributed by atoms with E-state index in [4.69, 9.17) is 9.47 Å². The van der Waals surface area contributed by atoms with E-state index in [9.17, 15) is 9.18 Å². The molecule has 0 aliphatic carbocycles. The Morgan fingerprint density at radius 3 is 2.70 bits per heavy atom. The number of benzene rings is 1. The fourth-order valence-corrected chi connectivity index (χ4v) is 4.27. The molecule has 1 fully saturated rings. The van der Waals surface area contributed by atoms with Gasteiger partial charge in [-0.25, -0.2) is 4.39 Å². The molecule has 3 nitrogen and oxygen atoms in total. The molecule has 2 aliphatic heterocycles. The number of ether oxygens (including phenoxy) is 2. The number of rotatable bonds is 8. The number of carbonyl (C=O) groups excluding carboxylic acids is 1. The highest BCUT2D eigenvalue weighted by Gasteiger charge is 2.32. The molecule has 0 saturated carbocycles. The maximum absolute atomic E-state index is 14.7. The molecule has 3 unspecified atom stereocenters. The monoisotopic (exact) mass is 376 g/mol. The summed E-state index contributed by atoms with van der Waals surface area (Å²) in [7, 11) is 0. The van der Waals surface area contributed by atoms with E-state index in [-0.39, 0.29) is 23.5 Å². The van der Waals surface area contributed by atoms with Gasteiger partial charge in [0.1, 0.15) is 0 Å². The Labute approximate surface area is 162 Å². The fourth-order valence-electron chi connectivity index (χ4n) is 4.27. The summed E-state index contributed by atoms with van der Waals surface area (Å²) in [6.07, 6.45) is 9.98. The Kier molecular flexibility index (Phi) is 7.28. The smallest absolute Gasteiger partial charge is 0.314 e. The lowest BCUT2D eigenvalue weighted by molar-refractivity contribution is -0.140. The second-order valence-corrected chi connectivity index (χ2v) is 8.19. The molecule has 150 valence electrons. The van der Waals surface area contributed by atoms with E-state index < -0.39 is 0 Å². The fraction of sp³-hybridized carbons (Fsp3) is 0.696. The van der Waals surface area contributed by atoms with Gasteiger partial charge in [-0.1, -0.05) is 38.8 Å². The number of unbranched alkanes of at least 4 members (excludes halogenated alkanes) is 2. The first-order chi connectivity index (χ1) is 13.1. The van der Waals surface area contributed by atoms with Gasteiger partial charge in [-0.2, -0.15) is 0 Å². The van der Waals surface area contributed by atoms with Crippen molar-refractivity contribution in [2.75, 3.05) is 6.61 Å². The molecule has 0 spiro atoms. The molecule has 1 aromatic carbocycles. The Hall–Kier alpha value is -1.42. The average molecular weight is 377 g/mol. The maximum atomic E-state index is 14.7. The van der Waals surface area contributed by atoms with Gasteiger partial charge in [0.05, 0.1) is 12.0 Å². The van der Waals surface area contributed by atoms with Crippen molar-refractivity contribution in [1.82, 2.24) is 0 Å². The van der Waals surface area contributed by atoms with Crippen molar-refractivity contribution >= 4 is 5.97 Å². The van der Waals surface area contributed by atoms with E-state index in [0.717, 1.165) is 57.1 Å². The topological polar surface area (TPSA) is 35.5 Å². The Bertz CT molecular complexity index is 635. The van der Waals surface area contributed by atoms with Gasteiger partial charge in [0.2, 0.25) is 0 Å². The van der Waals surface area contributed by atoms with Crippen LogP contribution in [-0.2, 0) is 22.4 Å². The van der Waals surface area contributed by atoms with Crippen LogP contribution in [0.3, 0.4) is 0 Å². The summed E-state index contributed by atoms with van der Waals surface area (Å²) in [5.74, 6) is -0.0552. The Morgan fingerprint density at radius 2 is 2.00 bits per heavy atom. The standard InChI is InChI=1S/C23H33FO3/c1-3-5-6-7-17-11-12-18-14-19(23(25)27-22(18)21(17)24)10-8-16-9-13-20(4-2)26-15-16/h11-12,16,19-20H,3-10,13-15H2,1-2H3. The van der Waals surface area contributed by atoms with Crippen LogP contribution in [0.2, 0.25) is 0 Å². The van der Waals surface area contributed by atoms with E-state index in [1.165, 1.54) is 6.42 Å². The number of esters is 1. The van der Waals surface area contributed by atoms with E-state index in [1.807, 2.05) is 12.1 Å². The first-order valence-electron chi connectivity index (χ1n) is 10.8. The second kappa shape index (κ2) is 9.68. The van der Waals surface area contributed by atoms with Gasteiger partial charge in [0.25, 0.3) is 0 Å². The summed E-state index contributed by atoms with van der Waals surface area (Å²) in [4.78, 5) is 12.4. The van der Waals surface area contributed by atoms with Crippen LogP contribution in [0.4, 0.5) is 4.39 Å². The molecule has 2 heterocycles. The van der Waals surface area contributed by atoms with E-state index in [2.05, 4.69) is 13.8 Å². The van der Waals surface area contributed by atoms with Crippen LogP contribution in [-0.4, -0.2) is 18.7 Å². The zero-order valence-electron chi connectivity index (χ0n) is 16.8. The van der Waals surface area contributed by atoms with Crippen molar-refractivity contribution in [3.05, 3.63) is 29.1 Å². The summed E-state index contributed by atoms with van der Waals surface area (Å²) >= 11 is 0.